The SMILES string of the molecule is COc1ccc(CC(=O)Nc2cc(-c3cccc(CN(CCCN)C(=O)c4ccc5c(c4)OCO5)c3)ccc2N2CCOCC2)cc1. The maximum absolute atomic E-state index is 13.6. The van der Waals surface area contributed by atoms with Crippen LogP contribution in [0.15, 0.2) is 84.9 Å². The van der Waals surface area contributed by atoms with Gasteiger partial charge in [0.15, 0.2) is 11.5 Å². The van der Waals surface area contributed by atoms with E-state index in [4.69, 9.17) is 24.7 Å². The monoisotopic (exact) mass is 636 g/mol. The molecule has 2 amide bonds. The summed E-state index contributed by atoms with van der Waals surface area (Å²) in [6.45, 7) is 4.32. The van der Waals surface area contributed by atoms with Crippen molar-refractivity contribution in [2.45, 2.75) is 19.4 Å². The Hall–Kier alpha value is -5.06. The second-order valence-electron chi connectivity index (χ2n) is 11.5. The number of rotatable bonds is 12. The molecule has 0 aliphatic carbocycles. The van der Waals surface area contributed by atoms with Crippen LogP contribution in [0, 0.1) is 0 Å². The number of fused-ring (bicyclic) bond motifs is 1. The van der Waals surface area contributed by atoms with Gasteiger partial charge in [0.05, 0.1) is 38.1 Å². The van der Waals surface area contributed by atoms with Crippen molar-refractivity contribution in [3.8, 4) is 28.4 Å². The maximum Gasteiger partial charge on any atom is 0.254 e. The molecule has 244 valence electrons. The van der Waals surface area contributed by atoms with Gasteiger partial charge in [0.25, 0.3) is 5.91 Å². The van der Waals surface area contributed by atoms with E-state index in [9.17, 15) is 9.59 Å². The third kappa shape index (κ3) is 7.85. The molecule has 0 radical (unpaired) electrons. The van der Waals surface area contributed by atoms with Gasteiger partial charge in [-0.25, -0.2) is 0 Å². The average Bonchev–Trinajstić information content (AvgIpc) is 3.59. The third-order valence-electron chi connectivity index (χ3n) is 8.32. The van der Waals surface area contributed by atoms with Crippen LogP contribution in [0.2, 0.25) is 0 Å². The number of nitrogens with one attached hydrogen (secondary N) is 1. The fourth-order valence-corrected chi connectivity index (χ4v) is 5.84. The smallest absolute Gasteiger partial charge is 0.254 e. The number of nitrogens with zero attached hydrogens (tertiary/aromatic N) is 2. The minimum absolute atomic E-state index is 0.0983. The molecule has 0 bridgehead atoms. The van der Waals surface area contributed by atoms with Crippen LogP contribution in [0.5, 0.6) is 17.2 Å². The van der Waals surface area contributed by atoms with E-state index < -0.39 is 0 Å². The normalized spacial score (nSPS) is 13.7. The van der Waals surface area contributed by atoms with Crippen molar-refractivity contribution in [1.82, 2.24) is 4.90 Å². The lowest BCUT2D eigenvalue weighted by atomic mass is 10.0. The number of ether oxygens (including phenoxy) is 4. The molecule has 0 unspecified atom stereocenters. The van der Waals surface area contributed by atoms with Gasteiger partial charge in [-0.1, -0.05) is 36.4 Å². The molecule has 4 aromatic rings. The van der Waals surface area contributed by atoms with Crippen LogP contribution in [-0.2, 0) is 22.5 Å². The Morgan fingerprint density at radius 1 is 0.894 bits per heavy atom. The number of hydrogen-bond donors (Lipinski definition) is 2. The highest BCUT2D eigenvalue weighted by Gasteiger charge is 2.21. The minimum Gasteiger partial charge on any atom is -0.497 e. The van der Waals surface area contributed by atoms with E-state index in [0.29, 0.717) is 56.3 Å². The molecule has 1 fully saturated rings. The predicted octanol–water partition coefficient (Wildman–Crippen LogP) is 5.10. The summed E-state index contributed by atoms with van der Waals surface area (Å²) in [6, 6.07) is 27.1. The van der Waals surface area contributed by atoms with Crippen molar-refractivity contribution < 1.29 is 28.5 Å². The number of amides is 2. The van der Waals surface area contributed by atoms with E-state index in [1.807, 2.05) is 53.4 Å². The van der Waals surface area contributed by atoms with Crippen LogP contribution < -0.4 is 30.2 Å². The predicted molar refractivity (Wildman–Crippen MR) is 181 cm³/mol. The number of anilines is 2. The van der Waals surface area contributed by atoms with Crippen LogP contribution in [0.4, 0.5) is 11.4 Å². The minimum atomic E-state index is -0.104. The lowest BCUT2D eigenvalue weighted by Gasteiger charge is -2.31. The summed E-state index contributed by atoms with van der Waals surface area (Å²) < 4.78 is 21.7. The Bertz CT molecular complexity index is 1700. The Kier molecular flexibility index (Phi) is 10.2. The molecule has 4 aromatic carbocycles. The van der Waals surface area contributed by atoms with E-state index in [1.165, 1.54) is 0 Å². The summed E-state index contributed by atoms with van der Waals surface area (Å²) >= 11 is 0. The Morgan fingerprint density at radius 2 is 1.68 bits per heavy atom. The summed E-state index contributed by atoms with van der Waals surface area (Å²) in [5.41, 5.74) is 11.9. The molecule has 1 saturated heterocycles. The quantitative estimate of drug-likeness (QED) is 0.221. The van der Waals surface area contributed by atoms with Crippen LogP contribution >= 0.6 is 0 Å². The lowest BCUT2D eigenvalue weighted by Crippen LogP contribution is -2.36. The topological polar surface area (TPSA) is 116 Å². The van der Waals surface area contributed by atoms with Gasteiger partial charge in [-0.15, -0.1) is 0 Å². The molecular weight excluding hydrogens is 596 g/mol. The number of hydrogen-bond acceptors (Lipinski definition) is 8. The van der Waals surface area contributed by atoms with E-state index in [-0.39, 0.29) is 25.0 Å². The Balaban J connectivity index is 1.24. The van der Waals surface area contributed by atoms with Gasteiger partial charge in [-0.3, -0.25) is 9.59 Å². The van der Waals surface area contributed by atoms with Gasteiger partial charge in [0, 0.05) is 31.7 Å². The Morgan fingerprint density at radius 3 is 2.47 bits per heavy atom. The van der Waals surface area contributed by atoms with Crippen molar-refractivity contribution in [2.24, 2.45) is 5.73 Å². The van der Waals surface area contributed by atoms with Gasteiger partial charge in [-0.05, 0) is 83.8 Å². The van der Waals surface area contributed by atoms with Gasteiger partial charge in [0.1, 0.15) is 5.75 Å². The molecular formula is C37H40N4O6. The largest absolute Gasteiger partial charge is 0.497 e. The number of benzene rings is 4. The molecule has 6 rings (SSSR count). The van der Waals surface area contributed by atoms with E-state index in [2.05, 4.69) is 28.4 Å². The number of methoxy groups -OCH3 is 1. The number of morpholine rings is 1. The molecule has 2 aliphatic heterocycles. The zero-order valence-electron chi connectivity index (χ0n) is 26.6. The van der Waals surface area contributed by atoms with E-state index >= 15 is 0 Å². The highest BCUT2D eigenvalue weighted by molar-refractivity contribution is 5.97. The molecule has 10 heteroatoms. The summed E-state index contributed by atoms with van der Waals surface area (Å²) in [5, 5.41) is 3.18. The molecule has 0 aromatic heterocycles. The first-order valence-corrected chi connectivity index (χ1v) is 15.9. The first-order valence-electron chi connectivity index (χ1n) is 15.9. The maximum atomic E-state index is 13.6. The van der Waals surface area contributed by atoms with Gasteiger partial charge in [-0.2, -0.15) is 0 Å². The molecule has 0 spiro atoms. The van der Waals surface area contributed by atoms with Crippen molar-refractivity contribution in [3.05, 3.63) is 102 Å². The molecule has 10 nitrogen and oxygen atoms in total. The van der Waals surface area contributed by atoms with Crippen LogP contribution in [0.1, 0.15) is 27.9 Å². The van der Waals surface area contributed by atoms with Crippen molar-refractivity contribution >= 4 is 23.2 Å². The number of carbonyl (C=O) groups is 2. The first kappa shape index (κ1) is 31.9. The third-order valence-corrected chi connectivity index (χ3v) is 8.32. The molecule has 3 N–H and O–H groups in total. The fourth-order valence-electron chi connectivity index (χ4n) is 5.84. The van der Waals surface area contributed by atoms with Crippen molar-refractivity contribution in [3.63, 3.8) is 0 Å². The molecule has 0 saturated carbocycles. The fraction of sp³-hybridized carbons (Fsp3) is 0.297. The van der Waals surface area contributed by atoms with E-state index in [0.717, 1.165) is 52.5 Å². The zero-order valence-corrected chi connectivity index (χ0v) is 26.6. The molecule has 2 aliphatic rings. The standard InChI is InChI=1S/C37H40N4O6/c1-44-31-10-6-26(7-11-31)21-36(42)39-32-22-29(8-12-33(32)40-16-18-45-19-17-40)28-5-2-4-27(20-28)24-41(15-3-14-38)37(43)30-9-13-34-35(23-30)47-25-46-34/h2,4-13,20,22-23H,3,14-19,21,24-25,38H2,1H3,(H,39,42). The number of nitrogens with two attached hydrogens (primary N) is 1. The van der Waals surface area contributed by atoms with Crippen LogP contribution in [0.25, 0.3) is 11.1 Å². The second-order valence-corrected chi connectivity index (χ2v) is 11.5. The molecule has 47 heavy (non-hydrogen) atoms. The highest BCUT2D eigenvalue weighted by atomic mass is 16.7. The average molecular weight is 637 g/mol. The Labute approximate surface area is 275 Å². The summed E-state index contributed by atoms with van der Waals surface area (Å²) in [6.07, 6.45) is 0.918. The summed E-state index contributed by atoms with van der Waals surface area (Å²) in [5.74, 6) is 1.76. The van der Waals surface area contributed by atoms with E-state index in [1.54, 1.807) is 25.3 Å². The van der Waals surface area contributed by atoms with Gasteiger partial charge >= 0.3 is 0 Å². The van der Waals surface area contributed by atoms with Crippen LogP contribution in [0.3, 0.4) is 0 Å². The lowest BCUT2D eigenvalue weighted by molar-refractivity contribution is -0.115. The van der Waals surface area contributed by atoms with Crippen LogP contribution in [-0.4, -0.2) is 70.0 Å². The molecule has 0 atom stereocenters. The van der Waals surface area contributed by atoms with Crippen molar-refractivity contribution in [2.75, 3.05) is 63.5 Å². The number of carbonyl (C=O) groups excluding carboxylic acids is 2. The summed E-state index contributed by atoms with van der Waals surface area (Å²) in [7, 11) is 1.62. The van der Waals surface area contributed by atoms with Crippen molar-refractivity contribution in [1.29, 1.82) is 0 Å². The molecule has 2 heterocycles. The van der Waals surface area contributed by atoms with Gasteiger partial charge < -0.3 is 39.8 Å². The second kappa shape index (κ2) is 15.0. The highest BCUT2D eigenvalue weighted by Crippen LogP contribution is 2.34. The van der Waals surface area contributed by atoms with Gasteiger partial charge in [0.2, 0.25) is 12.7 Å². The zero-order chi connectivity index (χ0) is 32.6. The summed E-state index contributed by atoms with van der Waals surface area (Å²) in [4.78, 5) is 31.0. The first-order chi connectivity index (χ1) is 23.0.